The Morgan fingerprint density at radius 1 is 1.50 bits per heavy atom. The van der Waals surface area contributed by atoms with E-state index >= 15 is 0 Å². The quantitative estimate of drug-likeness (QED) is 0.856. The van der Waals surface area contributed by atoms with Gasteiger partial charge >= 0.3 is 12.1 Å². The van der Waals surface area contributed by atoms with E-state index in [1.54, 1.807) is 0 Å². The van der Waals surface area contributed by atoms with Gasteiger partial charge in [-0.3, -0.25) is 9.59 Å². The molecule has 1 saturated heterocycles. The topological polar surface area (TPSA) is 96.5 Å². The van der Waals surface area contributed by atoms with Crippen LogP contribution in [0.5, 0.6) is 0 Å². The van der Waals surface area contributed by atoms with Crippen molar-refractivity contribution in [2.45, 2.75) is 12.6 Å². The average molecular weight is 309 g/mol. The van der Waals surface area contributed by atoms with Crippen molar-refractivity contribution in [3.8, 4) is 0 Å². The number of aliphatic carboxylic acids is 1. The number of carboxylic acids is 1. The van der Waals surface area contributed by atoms with E-state index in [9.17, 15) is 22.8 Å². The maximum Gasteiger partial charge on any atom is 0.406 e. The molecule has 10 heteroatoms. The molecule has 3 N–H and O–H groups in total. The Labute approximate surface area is 115 Å². The molecule has 1 aliphatic heterocycles. The number of likely N-dealkylation sites (tertiary alicyclic amines) is 1. The van der Waals surface area contributed by atoms with E-state index in [0.29, 0.717) is 0 Å². The predicted molar refractivity (Wildman–Crippen MR) is 63.2 cm³/mol. The van der Waals surface area contributed by atoms with Crippen LogP contribution >= 0.6 is 11.3 Å². The highest BCUT2D eigenvalue weighted by Gasteiger charge is 2.64. The molecule has 0 aliphatic carbocycles. The van der Waals surface area contributed by atoms with Gasteiger partial charge in [0.15, 0.2) is 10.5 Å². The standard InChI is InChI=1S/C10H10F3N3O3S/c11-10(12,13)9(7(18)19)1-2-16(4-9)6(17)5-3-20-8(14)15-5/h3H,1-2,4H2,(H2,14,15)(H,18,19). The van der Waals surface area contributed by atoms with Crippen molar-refractivity contribution < 1.29 is 27.9 Å². The van der Waals surface area contributed by atoms with E-state index in [1.165, 1.54) is 5.38 Å². The smallest absolute Gasteiger partial charge is 0.406 e. The second kappa shape index (κ2) is 4.62. The summed E-state index contributed by atoms with van der Waals surface area (Å²) in [5, 5.41) is 10.3. The molecule has 20 heavy (non-hydrogen) atoms. The number of carboxylic acid groups (broad SMARTS) is 1. The molecular weight excluding hydrogens is 299 g/mol. The lowest BCUT2D eigenvalue weighted by Gasteiger charge is -2.27. The second-order valence-corrected chi connectivity index (χ2v) is 5.32. The second-order valence-electron chi connectivity index (χ2n) is 4.43. The number of rotatable bonds is 2. The molecule has 1 aromatic heterocycles. The zero-order valence-electron chi connectivity index (χ0n) is 9.98. The van der Waals surface area contributed by atoms with E-state index in [2.05, 4.69) is 4.98 Å². The lowest BCUT2D eigenvalue weighted by molar-refractivity contribution is -0.227. The van der Waals surface area contributed by atoms with Crippen molar-refractivity contribution >= 4 is 28.3 Å². The van der Waals surface area contributed by atoms with Crippen molar-refractivity contribution in [3.63, 3.8) is 0 Å². The van der Waals surface area contributed by atoms with Crippen molar-refractivity contribution in [1.82, 2.24) is 9.88 Å². The minimum Gasteiger partial charge on any atom is -0.481 e. The number of nitrogen functional groups attached to an aromatic ring is 1. The summed E-state index contributed by atoms with van der Waals surface area (Å²) in [5.74, 6) is -2.72. The molecule has 1 atom stereocenters. The molecular formula is C10H10F3N3O3S. The van der Waals surface area contributed by atoms with Crippen LogP contribution in [0.25, 0.3) is 0 Å². The van der Waals surface area contributed by atoms with E-state index < -0.39 is 36.4 Å². The third-order valence-electron chi connectivity index (χ3n) is 3.25. The summed E-state index contributed by atoms with van der Waals surface area (Å²) in [7, 11) is 0. The van der Waals surface area contributed by atoms with Crippen molar-refractivity contribution in [2.75, 3.05) is 18.8 Å². The van der Waals surface area contributed by atoms with Gasteiger partial charge in [-0.25, -0.2) is 4.98 Å². The first kappa shape index (κ1) is 14.6. The highest BCUT2D eigenvalue weighted by molar-refractivity contribution is 7.13. The van der Waals surface area contributed by atoms with Gasteiger partial charge in [0.2, 0.25) is 0 Å². The third kappa shape index (κ3) is 2.19. The van der Waals surface area contributed by atoms with Gasteiger partial charge in [-0.05, 0) is 6.42 Å². The Morgan fingerprint density at radius 2 is 2.15 bits per heavy atom. The highest BCUT2D eigenvalue weighted by Crippen LogP contribution is 2.45. The molecule has 0 saturated carbocycles. The minimum absolute atomic E-state index is 0.0733. The summed E-state index contributed by atoms with van der Waals surface area (Å²) in [4.78, 5) is 27.5. The van der Waals surface area contributed by atoms with E-state index in [0.717, 1.165) is 16.2 Å². The number of anilines is 1. The Bertz CT molecular complexity index is 559. The predicted octanol–water partition coefficient (Wildman–Crippen LogP) is 1.20. The molecule has 1 aromatic rings. The Morgan fingerprint density at radius 3 is 2.55 bits per heavy atom. The number of nitrogens with zero attached hydrogens (tertiary/aromatic N) is 2. The maximum absolute atomic E-state index is 13.0. The van der Waals surface area contributed by atoms with Gasteiger partial charge in [0.25, 0.3) is 5.91 Å². The number of hydrogen-bond donors (Lipinski definition) is 2. The molecule has 0 aromatic carbocycles. The minimum atomic E-state index is -4.92. The molecule has 0 radical (unpaired) electrons. The zero-order chi connectivity index (χ0) is 15.1. The first-order chi connectivity index (χ1) is 9.17. The maximum atomic E-state index is 13.0. The van der Waals surface area contributed by atoms with Crippen LogP contribution in [-0.2, 0) is 4.79 Å². The van der Waals surface area contributed by atoms with Crippen LogP contribution in [0.3, 0.4) is 0 Å². The van der Waals surface area contributed by atoms with Gasteiger partial charge in [0.05, 0.1) is 0 Å². The van der Waals surface area contributed by atoms with Gasteiger partial charge in [-0.15, -0.1) is 11.3 Å². The highest BCUT2D eigenvalue weighted by atomic mass is 32.1. The number of amides is 1. The molecule has 2 rings (SSSR count). The third-order valence-corrected chi connectivity index (χ3v) is 3.92. The number of halogens is 3. The number of alkyl halides is 3. The molecule has 0 bridgehead atoms. The number of aromatic nitrogens is 1. The normalized spacial score (nSPS) is 23.1. The largest absolute Gasteiger partial charge is 0.481 e. The monoisotopic (exact) mass is 309 g/mol. The van der Waals surface area contributed by atoms with Crippen molar-refractivity contribution in [1.29, 1.82) is 0 Å². The van der Waals surface area contributed by atoms with Crippen LogP contribution in [0.1, 0.15) is 16.9 Å². The molecule has 1 unspecified atom stereocenters. The fourth-order valence-corrected chi connectivity index (χ4v) is 2.60. The van der Waals surface area contributed by atoms with Gasteiger partial charge in [-0.2, -0.15) is 13.2 Å². The van der Waals surface area contributed by atoms with E-state index in [4.69, 9.17) is 10.8 Å². The fourth-order valence-electron chi connectivity index (χ4n) is 2.06. The summed E-state index contributed by atoms with van der Waals surface area (Å²) in [6.07, 6.45) is -5.59. The average Bonchev–Trinajstić information content (AvgIpc) is 2.93. The lowest BCUT2D eigenvalue weighted by atomic mass is 9.86. The SMILES string of the molecule is Nc1nc(C(=O)N2CCC(C(=O)O)(C(F)(F)F)C2)cs1. The van der Waals surface area contributed by atoms with Gasteiger partial charge in [0, 0.05) is 18.5 Å². The van der Waals surface area contributed by atoms with E-state index in [1.807, 2.05) is 0 Å². The Kier molecular flexibility index (Phi) is 3.36. The molecule has 2 heterocycles. The summed E-state index contributed by atoms with van der Waals surface area (Å²) in [6.45, 7) is -1.20. The van der Waals surface area contributed by atoms with Gasteiger partial charge < -0.3 is 15.7 Å². The van der Waals surface area contributed by atoms with Crippen LogP contribution in [0.2, 0.25) is 0 Å². The number of hydrogen-bond acceptors (Lipinski definition) is 5. The molecule has 1 fully saturated rings. The molecule has 110 valence electrons. The number of thiazole rings is 1. The fraction of sp³-hybridized carbons (Fsp3) is 0.500. The summed E-state index contributed by atoms with van der Waals surface area (Å²) >= 11 is 0.984. The van der Waals surface area contributed by atoms with Crippen LogP contribution in [-0.4, -0.2) is 46.1 Å². The van der Waals surface area contributed by atoms with Crippen molar-refractivity contribution in [3.05, 3.63) is 11.1 Å². The van der Waals surface area contributed by atoms with Crippen molar-refractivity contribution in [2.24, 2.45) is 5.41 Å². The van der Waals surface area contributed by atoms with E-state index in [-0.39, 0.29) is 17.4 Å². The first-order valence-corrected chi connectivity index (χ1v) is 6.36. The summed E-state index contributed by atoms with van der Waals surface area (Å²) in [6, 6.07) is 0. The number of nitrogens with two attached hydrogens (primary N) is 1. The molecule has 6 nitrogen and oxygen atoms in total. The van der Waals surface area contributed by atoms with Gasteiger partial charge in [-0.1, -0.05) is 0 Å². The lowest BCUT2D eigenvalue weighted by Crippen LogP contribution is -2.47. The zero-order valence-corrected chi connectivity index (χ0v) is 10.8. The Hall–Kier alpha value is -1.84. The summed E-state index contributed by atoms with van der Waals surface area (Å²) in [5.41, 5.74) is 2.36. The molecule has 1 amide bonds. The number of carbonyl (C=O) groups is 2. The summed E-state index contributed by atoms with van der Waals surface area (Å²) < 4.78 is 38.9. The van der Waals surface area contributed by atoms with Crippen LogP contribution in [0, 0.1) is 5.41 Å². The van der Waals surface area contributed by atoms with Crippen LogP contribution in [0.15, 0.2) is 5.38 Å². The van der Waals surface area contributed by atoms with Gasteiger partial charge in [0.1, 0.15) is 5.69 Å². The Balaban J connectivity index is 2.23. The molecule has 1 aliphatic rings. The molecule has 0 spiro atoms. The number of carbonyl (C=O) groups excluding carboxylic acids is 1. The van der Waals surface area contributed by atoms with Crippen LogP contribution in [0.4, 0.5) is 18.3 Å². The first-order valence-electron chi connectivity index (χ1n) is 5.48. The van der Waals surface area contributed by atoms with Crippen LogP contribution < -0.4 is 5.73 Å².